The fourth-order valence-corrected chi connectivity index (χ4v) is 11.4. The van der Waals surface area contributed by atoms with Gasteiger partial charge in [0, 0.05) is 60.5 Å². The minimum Gasteiger partial charge on any atom is -0.396 e. The third-order valence-corrected chi connectivity index (χ3v) is 15.6. The van der Waals surface area contributed by atoms with Crippen molar-refractivity contribution >= 4 is 101 Å². The van der Waals surface area contributed by atoms with Crippen molar-refractivity contribution in [2.24, 2.45) is 20.4 Å². The largest absolute Gasteiger partial charge is 0.396 e. The van der Waals surface area contributed by atoms with Crippen LogP contribution in [0.5, 0.6) is 0 Å². The number of nitrogens with zero attached hydrogens (tertiary/aromatic N) is 10. The van der Waals surface area contributed by atoms with Crippen LogP contribution in [0.2, 0.25) is 0 Å². The Labute approximate surface area is 424 Å². The maximum Gasteiger partial charge on any atom is 0.303 e. The Bertz CT molecular complexity index is 3400. The number of carbonyl (C=O) groups excluding carboxylic acids is 2. The number of thiazole rings is 4. The highest BCUT2D eigenvalue weighted by Gasteiger charge is 2.38. The Kier molecular flexibility index (Phi) is 13.4. The Hall–Kier alpha value is -7.46. The third kappa shape index (κ3) is 9.72. The van der Waals surface area contributed by atoms with Gasteiger partial charge in [0.1, 0.15) is 11.4 Å². The molecule has 2 aliphatic heterocycles. The summed E-state index contributed by atoms with van der Waals surface area (Å²) in [6.07, 6.45) is 0.408. The number of benzene rings is 4. The van der Waals surface area contributed by atoms with Crippen molar-refractivity contribution < 1.29 is 19.8 Å². The van der Waals surface area contributed by atoms with Gasteiger partial charge < -0.3 is 10.2 Å². The van der Waals surface area contributed by atoms with E-state index in [0.29, 0.717) is 60.9 Å². The van der Waals surface area contributed by atoms with Crippen molar-refractivity contribution in [1.82, 2.24) is 19.9 Å². The first-order valence-corrected chi connectivity index (χ1v) is 25.8. The SMILES string of the molecule is Cc1nc(N/N=C2\C(=O)N(c3nc(-c4ccccc4)cs3)N=C2c2cccc(Cc3sc(N/N=C4\C(=O)N(c5nc(-c6ccccc6)cs5)N=C4c4ccccc4)nc3C(C)CO)c2)sc1C(C)(C)CO. The van der Waals surface area contributed by atoms with Crippen molar-refractivity contribution in [3.8, 4) is 22.5 Å². The summed E-state index contributed by atoms with van der Waals surface area (Å²) in [6, 6.07) is 36.5. The van der Waals surface area contributed by atoms with Crippen LogP contribution < -0.4 is 20.9 Å². The number of aromatic nitrogens is 4. The lowest BCUT2D eigenvalue weighted by Crippen LogP contribution is -2.28. The van der Waals surface area contributed by atoms with Crippen LogP contribution in [0.1, 0.15) is 64.5 Å². The first-order chi connectivity index (χ1) is 34.5. The zero-order chi connectivity index (χ0) is 49.2. The van der Waals surface area contributed by atoms with Crippen molar-refractivity contribution in [2.45, 2.75) is 45.4 Å². The molecule has 1 unspecified atom stereocenters. The molecule has 0 saturated carbocycles. The second-order valence-electron chi connectivity index (χ2n) is 17.2. The minimum atomic E-state index is -0.519. The Balaban J connectivity index is 0.947. The minimum absolute atomic E-state index is 0.0615. The molecular weight excluding hydrogens is 973 g/mol. The van der Waals surface area contributed by atoms with Crippen LogP contribution in [-0.2, 0) is 21.4 Å². The number of aryl methyl sites for hydroxylation is 1. The highest BCUT2D eigenvalue weighted by Crippen LogP contribution is 2.36. The van der Waals surface area contributed by atoms with Crippen LogP contribution in [0.15, 0.2) is 146 Å². The summed E-state index contributed by atoms with van der Waals surface area (Å²) < 4.78 is 0. The quantitative estimate of drug-likeness (QED) is 0.0675. The summed E-state index contributed by atoms with van der Waals surface area (Å²) in [4.78, 5) is 49.3. The van der Waals surface area contributed by atoms with E-state index in [1.54, 1.807) is 0 Å². The Morgan fingerprint density at radius 2 is 1.15 bits per heavy atom. The molecule has 4 aromatic heterocycles. The molecule has 10 rings (SSSR count). The van der Waals surface area contributed by atoms with Gasteiger partial charge in [0.05, 0.1) is 36.0 Å². The molecule has 6 heterocycles. The highest BCUT2D eigenvalue weighted by atomic mass is 32.1. The maximum absolute atomic E-state index is 14.4. The summed E-state index contributed by atoms with van der Waals surface area (Å²) in [7, 11) is 0. The van der Waals surface area contributed by atoms with E-state index >= 15 is 0 Å². The summed E-state index contributed by atoms with van der Waals surface area (Å²) in [5.41, 5.74) is 13.3. The number of carbonyl (C=O) groups is 2. The molecule has 8 aromatic rings. The van der Waals surface area contributed by atoms with E-state index in [9.17, 15) is 19.8 Å². The maximum atomic E-state index is 14.4. The lowest BCUT2D eigenvalue weighted by Gasteiger charge is -2.19. The Morgan fingerprint density at radius 1 is 0.648 bits per heavy atom. The zero-order valence-corrected chi connectivity index (χ0v) is 41.9. The van der Waals surface area contributed by atoms with Crippen LogP contribution in [0.3, 0.4) is 0 Å². The molecule has 20 heteroatoms. The molecule has 0 spiro atoms. The van der Waals surface area contributed by atoms with Crippen LogP contribution in [-0.4, -0.2) is 78.0 Å². The number of anilines is 4. The fraction of sp³-hybridized carbons (Fsp3) is 0.176. The Morgan fingerprint density at radius 3 is 1.69 bits per heavy atom. The van der Waals surface area contributed by atoms with Crippen molar-refractivity contribution in [2.75, 3.05) is 34.1 Å². The van der Waals surface area contributed by atoms with Crippen molar-refractivity contribution in [3.63, 3.8) is 0 Å². The van der Waals surface area contributed by atoms with Gasteiger partial charge in [0.25, 0.3) is 0 Å². The van der Waals surface area contributed by atoms with E-state index < -0.39 is 17.2 Å². The molecule has 0 radical (unpaired) electrons. The number of hydrogen-bond donors (Lipinski definition) is 4. The first-order valence-electron chi connectivity index (χ1n) is 22.4. The molecule has 71 heavy (non-hydrogen) atoms. The number of aliphatic hydroxyl groups is 2. The average molecular weight is 1020 g/mol. The van der Waals surface area contributed by atoms with E-state index in [0.717, 1.165) is 37.8 Å². The van der Waals surface area contributed by atoms with Crippen molar-refractivity contribution in [1.29, 1.82) is 0 Å². The molecule has 0 aliphatic carbocycles. The molecule has 356 valence electrons. The molecule has 1 atom stereocenters. The molecule has 16 nitrogen and oxygen atoms in total. The summed E-state index contributed by atoms with van der Waals surface area (Å²) in [6.45, 7) is 7.44. The van der Waals surface area contributed by atoms with Gasteiger partial charge in [-0.3, -0.25) is 20.4 Å². The van der Waals surface area contributed by atoms with Gasteiger partial charge in [0.2, 0.25) is 20.5 Å². The molecule has 4 aromatic carbocycles. The smallest absolute Gasteiger partial charge is 0.303 e. The molecule has 4 N–H and O–H groups in total. The number of aliphatic hydroxyl groups excluding tert-OH is 2. The van der Waals surface area contributed by atoms with Gasteiger partial charge in [-0.15, -0.1) is 22.7 Å². The number of rotatable bonds is 16. The van der Waals surface area contributed by atoms with E-state index in [2.05, 4.69) is 26.0 Å². The number of nitrogens with one attached hydrogen (secondary N) is 2. The zero-order valence-electron chi connectivity index (χ0n) is 38.6. The van der Waals surface area contributed by atoms with Gasteiger partial charge in [0.15, 0.2) is 11.4 Å². The second kappa shape index (κ2) is 20.1. The number of hydrazone groups is 4. The highest BCUT2D eigenvalue weighted by molar-refractivity contribution is 7.16. The molecule has 0 saturated heterocycles. The van der Waals surface area contributed by atoms with Gasteiger partial charge in [-0.05, 0) is 18.6 Å². The fourth-order valence-electron chi connectivity index (χ4n) is 7.82. The van der Waals surface area contributed by atoms with Gasteiger partial charge in [-0.1, -0.05) is 153 Å². The predicted molar refractivity (Wildman–Crippen MR) is 286 cm³/mol. The van der Waals surface area contributed by atoms with Crippen LogP contribution >= 0.6 is 45.3 Å². The third-order valence-electron chi connectivity index (χ3n) is 11.5. The lowest BCUT2D eigenvalue weighted by molar-refractivity contribution is -0.112. The molecule has 0 bridgehead atoms. The molecule has 0 fully saturated rings. The van der Waals surface area contributed by atoms with Crippen LogP contribution in [0.25, 0.3) is 22.5 Å². The summed E-state index contributed by atoms with van der Waals surface area (Å²) in [5, 5.41) is 47.3. The van der Waals surface area contributed by atoms with Gasteiger partial charge in [-0.25, -0.2) is 19.9 Å². The number of hydrogen-bond acceptors (Lipinski definition) is 18. The molecule has 2 amide bonds. The second-order valence-corrected chi connectivity index (χ2v) is 20.9. The van der Waals surface area contributed by atoms with E-state index in [1.807, 2.05) is 154 Å². The van der Waals surface area contributed by atoms with E-state index in [4.69, 9.17) is 25.2 Å². The van der Waals surface area contributed by atoms with E-state index in [1.165, 1.54) is 55.4 Å². The van der Waals surface area contributed by atoms with Crippen LogP contribution in [0.4, 0.5) is 20.5 Å². The first kappa shape index (κ1) is 47.2. The summed E-state index contributed by atoms with van der Waals surface area (Å²) in [5.74, 6) is -1.24. The molecular formula is C51H44N12O4S4. The van der Waals surface area contributed by atoms with Crippen LogP contribution in [0, 0.1) is 6.92 Å². The van der Waals surface area contributed by atoms with Gasteiger partial charge >= 0.3 is 11.8 Å². The standard InChI is InChI=1S/C51H44N12O4S4/c1-29(25-64)39-38(70-48(55-39)59-56-42-40(34-20-12-7-13-21-34)60-62(45(42)66)49-53-36(26-68-49)32-16-8-5-9-17-32)24-31-15-14-22-35(23-31)41-43(57-58-47-52-30(2)44(71-47)51(3,4)28-65)46(67)63(61-41)50-54-37(27-69-50)33-18-10-6-11-19-33/h5-23,26-27,29,64-65H,24-25,28H2,1-4H3,(H,52,58)(H,55,59)/b56-42-,57-43-. The number of amides is 2. The topological polar surface area (TPSA) is 206 Å². The average Bonchev–Trinajstić information content (AvgIpc) is 4.28. The van der Waals surface area contributed by atoms with Crippen molar-refractivity contribution in [3.05, 3.63) is 164 Å². The normalized spacial score (nSPS) is 15.5. The lowest BCUT2D eigenvalue weighted by atomic mass is 9.92. The summed E-state index contributed by atoms with van der Waals surface area (Å²) >= 11 is 5.33. The molecule has 2 aliphatic rings. The monoisotopic (exact) mass is 1020 g/mol. The van der Waals surface area contributed by atoms with E-state index in [-0.39, 0.29) is 30.6 Å². The predicted octanol–water partition coefficient (Wildman–Crippen LogP) is 9.55. The van der Waals surface area contributed by atoms with Gasteiger partial charge in [-0.2, -0.15) is 30.4 Å².